The molecule has 1 aliphatic carbocycles. The summed E-state index contributed by atoms with van der Waals surface area (Å²) in [6.07, 6.45) is 2.65. The summed E-state index contributed by atoms with van der Waals surface area (Å²) in [5.41, 5.74) is 1.41. The number of aromatic carboxylic acids is 1. The lowest BCUT2D eigenvalue weighted by Gasteiger charge is -2.06. The summed E-state index contributed by atoms with van der Waals surface area (Å²) in [5, 5.41) is 12.0. The molecule has 1 fully saturated rings. The summed E-state index contributed by atoms with van der Waals surface area (Å²) < 4.78 is 5.51. The molecule has 18 heavy (non-hydrogen) atoms. The Kier molecular flexibility index (Phi) is 4.73. The predicted octanol–water partition coefficient (Wildman–Crippen LogP) is 1.90. The first kappa shape index (κ1) is 13.1. The van der Waals surface area contributed by atoms with Gasteiger partial charge >= 0.3 is 5.97 Å². The number of nitrogens with one attached hydrogen (secondary N) is 1. The lowest BCUT2D eigenvalue weighted by atomic mass is 10.1. The van der Waals surface area contributed by atoms with Gasteiger partial charge in [0, 0.05) is 19.7 Å². The van der Waals surface area contributed by atoms with Crippen molar-refractivity contribution < 1.29 is 14.6 Å². The molecule has 4 nitrogen and oxygen atoms in total. The van der Waals surface area contributed by atoms with Crippen LogP contribution < -0.4 is 5.32 Å². The smallest absolute Gasteiger partial charge is 0.335 e. The van der Waals surface area contributed by atoms with Gasteiger partial charge in [0.15, 0.2) is 0 Å². The van der Waals surface area contributed by atoms with E-state index in [1.807, 2.05) is 12.1 Å². The zero-order valence-corrected chi connectivity index (χ0v) is 10.4. The Labute approximate surface area is 107 Å². The standard InChI is InChI=1S/C14H19NO3/c16-14(17)13-5-3-11(4-6-13)9-15-7-8-18-10-12-1-2-12/h3-6,12,15H,1-2,7-10H2,(H,16,17). The number of benzene rings is 1. The van der Waals surface area contributed by atoms with Crippen molar-refractivity contribution in [3.05, 3.63) is 35.4 Å². The molecule has 0 aliphatic heterocycles. The van der Waals surface area contributed by atoms with Crippen LogP contribution in [0.4, 0.5) is 0 Å². The first-order valence-corrected chi connectivity index (χ1v) is 6.36. The van der Waals surface area contributed by atoms with Crippen molar-refractivity contribution >= 4 is 5.97 Å². The molecule has 0 radical (unpaired) electrons. The second-order valence-electron chi connectivity index (χ2n) is 4.70. The van der Waals surface area contributed by atoms with Crippen LogP contribution in [0.1, 0.15) is 28.8 Å². The fourth-order valence-corrected chi connectivity index (χ4v) is 1.68. The molecule has 0 amide bonds. The number of ether oxygens (including phenoxy) is 1. The second-order valence-corrected chi connectivity index (χ2v) is 4.70. The summed E-state index contributed by atoms with van der Waals surface area (Å²) >= 11 is 0. The molecule has 0 bridgehead atoms. The van der Waals surface area contributed by atoms with Crippen molar-refractivity contribution in [2.24, 2.45) is 5.92 Å². The molecule has 1 aliphatic rings. The average Bonchev–Trinajstić information content (AvgIpc) is 3.18. The molecule has 4 heteroatoms. The Morgan fingerprint density at radius 3 is 2.67 bits per heavy atom. The fraction of sp³-hybridized carbons (Fsp3) is 0.500. The van der Waals surface area contributed by atoms with Crippen LogP contribution in [0.2, 0.25) is 0 Å². The summed E-state index contributed by atoms with van der Waals surface area (Å²) in [6, 6.07) is 6.93. The van der Waals surface area contributed by atoms with Crippen LogP contribution in [0.3, 0.4) is 0 Å². The maximum Gasteiger partial charge on any atom is 0.335 e. The Balaban J connectivity index is 1.58. The monoisotopic (exact) mass is 249 g/mol. The summed E-state index contributed by atoms with van der Waals surface area (Å²) in [6.45, 7) is 3.21. The van der Waals surface area contributed by atoms with Crippen LogP contribution in [0.5, 0.6) is 0 Å². The summed E-state index contributed by atoms with van der Waals surface area (Å²) in [5.74, 6) is -0.0726. The third-order valence-electron chi connectivity index (χ3n) is 3.00. The Bertz CT molecular complexity index is 385. The van der Waals surface area contributed by atoms with E-state index in [0.717, 1.165) is 37.8 Å². The number of carboxylic acids is 1. The van der Waals surface area contributed by atoms with Gasteiger partial charge in [0.2, 0.25) is 0 Å². The van der Waals surface area contributed by atoms with Crippen molar-refractivity contribution in [2.75, 3.05) is 19.8 Å². The minimum atomic E-state index is -0.886. The Morgan fingerprint density at radius 1 is 1.33 bits per heavy atom. The third kappa shape index (κ3) is 4.47. The highest BCUT2D eigenvalue weighted by molar-refractivity contribution is 5.87. The van der Waals surface area contributed by atoms with Gasteiger partial charge in [0.1, 0.15) is 0 Å². The molecular weight excluding hydrogens is 230 g/mol. The maximum atomic E-state index is 10.7. The van der Waals surface area contributed by atoms with E-state index in [-0.39, 0.29) is 0 Å². The first-order valence-electron chi connectivity index (χ1n) is 6.36. The quantitative estimate of drug-likeness (QED) is 0.691. The zero-order valence-electron chi connectivity index (χ0n) is 10.4. The van der Waals surface area contributed by atoms with E-state index in [2.05, 4.69) is 5.32 Å². The molecular formula is C14H19NO3. The topological polar surface area (TPSA) is 58.6 Å². The van der Waals surface area contributed by atoms with Crippen LogP contribution in [-0.2, 0) is 11.3 Å². The SMILES string of the molecule is O=C(O)c1ccc(CNCCOCC2CC2)cc1. The van der Waals surface area contributed by atoms with E-state index in [0.29, 0.717) is 5.56 Å². The molecule has 1 aromatic carbocycles. The lowest BCUT2D eigenvalue weighted by molar-refractivity contribution is 0.0697. The van der Waals surface area contributed by atoms with Gasteiger partial charge in [0.25, 0.3) is 0 Å². The zero-order chi connectivity index (χ0) is 12.8. The molecule has 2 rings (SSSR count). The van der Waals surface area contributed by atoms with Gasteiger partial charge in [0.05, 0.1) is 12.2 Å². The van der Waals surface area contributed by atoms with Gasteiger partial charge in [-0.15, -0.1) is 0 Å². The predicted molar refractivity (Wildman–Crippen MR) is 68.7 cm³/mol. The van der Waals surface area contributed by atoms with Crippen molar-refractivity contribution in [3.8, 4) is 0 Å². The highest BCUT2D eigenvalue weighted by atomic mass is 16.5. The van der Waals surface area contributed by atoms with E-state index in [1.165, 1.54) is 12.8 Å². The minimum Gasteiger partial charge on any atom is -0.478 e. The van der Waals surface area contributed by atoms with Gasteiger partial charge in [-0.25, -0.2) is 4.79 Å². The van der Waals surface area contributed by atoms with Gasteiger partial charge in [-0.1, -0.05) is 12.1 Å². The second kappa shape index (κ2) is 6.52. The van der Waals surface area contributed by atoms with E-state index in [9.17, 15) is 4.79 Å². The number of hydrogen-bond acceptors (Lipinski definition) is 3. The average molecular weight is 249 g/mol. The fourth-order valence-electron chi connectivity index (χ4n) is 1.68. The lowest BCUT2D eigenvalue weighted by Crippen LogP contribution is -2.19. The van der Waals surface area contributed by atoms with Gasteiger partial charge < -0.3 is 15.2 Å². The highest BCUT2D eigenvalue weighted by Crippen LogP contribution is 2.28. The van der Waals surface area contributed by atoms with Gasteiger partial charge in [-0.05, 0) is 36.5 Å². The van der Waals surface area contributed by atoms with Crippen molar-refractivity contribution in [1.29, 1.82) is 0 Å². The highest BCUT2D eigenvalue weighted by Gasteiger charge is 2.20. The van der Waals surface area contributed by atoms with Gasteiger partial charge in [-0.2, -0.15) is 0 Å². The molecule has 0 heterocycles. The van der Waals surface area contributed by atoms with E-state index in [4.69, 9.17) is 9.84 Å². The van der Waals surface area contributed by atoms with E-state index < -0.39 is 5.97 Å². The summed E-state index contributed by atoms with van der Waals surface area (Å²) in [7, 11) is 0. The van der Waals surface area contributed by atoms with Crippen molar-refractivity contribution in [2.45, 2.75) is 19.4 Å². The van der Waals surface area contributed by atoms with Crippen LogP contribution in [0, 0.1) is 5.92 Å². The molecule has 0 spiro atoms. The van der Waals surface area contributed by atoms with E-state index in [1.54, 1.807) is 12.1 Å². The maximum absolute atomic E-state index is 10.7. The number of carbonyl (C=O) groups is 1. The third-order valence-corrected chi connectivity index (χ3v) is 3.00. The first-order chi connectivity index (χ1) is 8.75. The molecule has 0 unspecified atom stereocenters. The normalized spacial score (nSPS) is 14.7. The summed E-state index contributed by atoms with van der Waals surface area (Å²) in [4.78, 5) is 10.7. The number of hydrogen-bond donors (Lipinski definition) is 2. The molecule has 0 aromatic heterocycles. The van der Waals surface area contributed by atoms with Crippen molar-refractivity contribution in [3.63, 3.8) is 0 Å². The Morgan fingerprint density at radius 2 is 2.06 bits per heavy atom. The molecule has 98 valence electrons. The van der Waals surface area contributed by atoms with Gasteiger partial charge in [-0.3, -0.25) is 0 Å². The molecule has 0 atom stereocenters. The molecule has 1 saturated carbocycles. The van der Waals surface area contributed by atoms with Crippen LogP contribution in [0.25, 0.3) is 0 Å². The van der Waals surface area contributed by atoms with Crippen LogP contribution in [0.15, 0.2) is 24.3 Å². The molecule has 1 aromatic rings. The largest absolute Gasteiger partial charge is 0.478 e. The number of carboxylic acid groups (broad SMARTS) is 1. The van der Waals surface area contributed by atoms with Crippen molar-refractivity contribution in [1.82, 2.24) is 5.32 Å². The van der Waals surface area contributed by atoms with Crippen LogP contribution >= 0.6 is 0 Å². The molecule has 2 N–H and O–H groups in total. The van der Waals surface area contributed by atoms with Crippen LogP contribution in [-0.4, -0.2) is 30.8 Å². The van der Waals surface area contributed by atoms with E-state index >= 15 is 0 Å². The Hall–Kier alpha value is -1.39. The minimum absolute atomic E-state index is 0.325. The number of rotatable bonds is 8. The molecule has 0 saturated heterocycles.